The molecule has 1 aliphatic heterocycles. The van der Waals surface area contributed by atoms with Crippen LogP contribution in [0.25, 0.3) is 0 Å². The Balaban J connectivity index is 1.62. The molecule has 1 aromatic carbocycles. The van der Waals surface area contributed by atoms with E-state index in [-0.39, 0.29) is 11.8 Å². The number of pyridine rings is 1. The third-order valence-electron chi connectivity index (χ3n) is 4.55. The van der Waals surface area contributed by atoms with Crippen LogP contribution < -0.4 is 5.32 Å². The van der Waals surface area contributed by atoms with E-state index in [0.29, 0.717) is 5.92 Å². The molecule has 23 heavy (non-hydrogen) atoms. The molecule has 1 aromatic heterocycles. The monoisotopic (exact) mass is 309 g/mol. The summed E-state index contributed by atoms with van der Waals surface area (Å²) in [6, 6.07) is 12.3. The summed E-state index contributed by atoms with van der Waals surface area (Å²) in [4.78, 5) is 19.0. The van der Waals surface area contributed by atoms with Crippen molar-refractivity contribution in [2.45, 2.75) is 20.4 Å². The van der Waals surface area contributed by atoms with Gasteiger partial charge in [0.2, 0.25) is 5.91 Å². The van der Waals surface area contributed by atoms with Crippen LogP contribution in [0.2, 0.25) is 0 Å². The van der Waals surface area contributed by atoms with Crippen LogP contribution in [0, 0.1) is 18.8 Å². The lowest BCUT2D eigenvalue weighted by atomic mass is 9.97. The van der Waals surface area contributed by atoms with Gasteiger partial charge in [-0.25, -0.2) is 0 Å². The Morgan fingerprint density at radius 1 is 1.26 bits per heavy atom. The lowest BCUT2D eigenvalue weighted by molar-refractivity contribution is -0.120. The van der Waals surface area contributed by atoms with Crippen LogP contribution in [0.15, 0.2) is 48.8 Å². The van der Waals surface area contributed by atoms with Gasteiger partial charge in [-0.3, -0.25) is 14.7 Å². The lowest BCUT2D eigenvalue weighted by Gasteiger charge is -2.16. The standard InChI is InChI=1S/C19H23N3O/c1-14-10-20-9-8-18(14)21-19(23)17-13-22(11-15(17)2)12-16-6-4-3-5-7-16/h3-10,15,17H,11-13H2,1-2H3,(H,20,21,23)/t15-,17-/m1/s1. The molecule has 4 nitrogen and oxygen atoms in total. The SMILES string of the molecule is Cc1cnccc1NC(=O)[C@@H]1CN(Cc2ccccc2)C[C@H]1C. The second-order valence-electron chi connectivity index (χ2n) is 6.44. The Morgan fingerprint density at radius 3 is 2.78 bits per heavy atom. The highest BCUT2D eigenvalue weighted by molar-refractivity contribution is 5.93. The number of hydrogen-bond acceptors (Lipinski definition) is 3. The molecule has 4 heteroatoms. The normalized spacial score (nSPS) is 21.3. The number of anilines is 1. The molecule has 2 heterocycles. The molecule has 120 valence electrons. The first-order valence-corrected chi connectivity index (χ1v) is 8.11. The number of carbonyl (C=O) groups excluding carboxylic acids is 1. The van der Waals surface area contributed by atoms with E-state index in [2.05, 4.69) is 46.4 Å². The number of hydrogen-bond donors (Lipinski definition) is 1. The van der Waals surface area contributed by atoms with Crippen LogP contribution in [0.1, 0.15) is 18.1 Å². The molecule has 0 spiro atoms. The molecular weight excluding hydrogens is 286 g/mol. The van der Waals surface area contributed by atoms with E-state index in [0.717, 1.165) is 30.9 Å². The van der Waals surface area contributed by atoms with E-state index in [9.17, 15) is 4.79 Å². The van der Waals surface area contributed by atoms with E-state index in [1.807, 2.05) is 19.1 Å². The maximum Gasteiger partial charge on any atom is 0.229 e. The summed E-state index contributed by atoms with van der Waals surface area (Å²) in [6.07, 6.45) is 3.48. The third kappa shape index (κ3) is 3.77. The zero-order valence-electron chi connectivity index (χ0n) is 13.7. The van der Waals surface area contributed by atoms with Gasteiger partial charge in [0.05, 0.1) is 5.92 Å². The molecule has 0 unspecified atom stereocenters. The van der Waals surface area contributed by atoms with Gasteiger partial charge in [0.1, 0.15) is 0 Å². The van der Waals surface area contributed by atoms with Gasteiger partial charge in [-0.1, -0.05) is 37.3 Å². The topological polar surface area (TPSA) is 45.2 Å². The van der Waals surface area contributed by atoms with Crippen molar-refractivity contribution in [2.75, 3.05) is 18.4 Å². The summed E-state index contributed by atoms with van der Waals surface area (Å²) in [5.74, 6) is 0.509. The van der Waals surface area contributed by atoms with E-state index >= 15 is 0 Å². The first kappa shape index (κ1) is 15.7. The average Bonchev–Trinajstić information content (AvgIpc) is 2.91. The fourth-order valence-corrected chi connectivity index (χ4v) is 3.22. The number of likely N-dealkylation sites (tertiary alicyclic amines) is 1. The van der Waals surface area contributed by atoms with Crippen LogP contribution in [0.4, 0.5) is 5.69 Å². The van der Waals surface area contributed by atoms with Crippen LogP contribution in [-0.4, -0.2) is 28.9 Å². The predicted octanol–water partition coefficient (Wildman–Crippen LogP) is 3.10. The molecule has 1 N–H and O–H groups in total. The Bertz CT molecular complexity index is 671. The molecule has 2 aromatic rings. The molecule has 3 rings (SSSR count). The summed E-state index contributed by atoms with van der Waals surface area (Å²) in [7, 11) is 0. The Labute approximate surface area is 137 Å². The zero-order valence-corrected chi connectivity index (χ0v) is 13.7. The highest BCUT2D eigenvalue weighted by Crippen LogP contribution is 2.26. The van der Waals surface area contributed by atoms with Crippen LogP contribution in [-0.2, 0) is 11.3 Å². The molecule has 2 atom stereocenters. The lowest BCUT2D eigenvalue weighted by Crippen LogP contribution is -2.28. The molecule has 1 aliphatic rings. The predicted molar refractivity (Wildman–Crippen MR) is 92.0 cm³/mol. The summed E-state index contributed by atoms with van der Waals surface area (Å²) >= 11 is 0. The van der Waals surface area contributed by atoms with Crippen molar-refractivity contribution in [3.05, 3.63) is 59.9 Å². The quantitative estimate of drug-likeness (QED) is 0.944. The number of amides is 1. The van der Waals surface area contributed by atoms with E-state index in [1.54, 1.807) is 12.4 Å². The Kier molecular flexibility index (Phi) is 4.72. The molecule has 0 saturated carbocycles. The largest absolute Gasteiger partial charge is 0.325 e. The second kappa shape index (κ2) is 6.92. The molecule has 0 bridgehead atoms. The minimum absolute atomic E-state index is 0.0336. The van der Waals surface area contributed by atoms with Gasteiger partial charge in [0, 0.05) is 37.7 Å². The number of nitrogens with zero attached hydrogens (tertiary/aromatic N) is 2. The van der Waals surface area contributed by atoms with Crippen molar-refractivity contribution in [3.63, 3.8) is 0 Å². The smallest absolute Gasteiger partial charge is 0.229 e. The maximum absolute atomic E-state index is 12.6. The van der Waals surface area contributed by atoms with E-state index < -0.39 is 0 Å². The molecule has 0 aliphatic carbocycles. The van der Waals surface area contributed by atoms with Crippen LogP contribution in [0.5, 0.6) is 0 Å². The average molecular weight is 309 g/mol. The summed E-state index contributed by atoms with van der Waals surface area (Å²) in [5, 5.41) is 3.06. The Hall–Kier alpha value is -2.20. The van der Waals surface area contributed by atoms with Crippen molar-refractivity contribution in [2.24, 2.45) is 11.8 Å². The number of aromatic nitrogens is 1. The van der Waals surface area contributed by atoms with Crippen molar-refractivity contribution in [1.82, 2.24) is 9.88 Å². The molecular formula is C19H23N3O. The van der Waals surface area contributed by atoms with Gasteiger partial charge >= 0.3 is 0 Å². The van der Waals surface area contributed by atoms with Gasteiger partial charge in [0.25, 0.3) is 0 Å². The summed E-state index contributed by atoms with van der Waals surface area (Å²) in [6.45, 7) is 6.80. The highest BCUT2D eigenvalue weighted by atomic mass is 16.2. The van der Waals surface area contributed by atoms with E-state index in [4.69, 9.17) is 0 Å². The number of benzene rings is 1. The summed E-state index contributed by atoms with van der Waals surface area (Å²) in [5.41, 5.74) is 3.15. The molecule has 1 saturated heterocycles. The van der Waals surface area contributed by atoms with Crippen molar-refractivity contribution < 1.29 is 4.79 Å². The first-order chi connectivity index (χ1) is 11.1. The summed E-state index contributed by atoms with van der Waals surface area (Å²) < 4.78 is 0. The van der Waals surface area contributed by atoms with Crippen molar-refractivity contribution in [1.29, 1.82) is 0 Å². The van der Waals surface area contributed by atoms with Gasteiger partial charge in [-0.2, -0.15) is 0 Å². The van der Waals surface area contributed by atoms with Crippen molar-refractivity contribution in [3.8, 4) is 0 Å². The Morgan fingerprint density at radius 2 is 2.04 bits per heavy atom. The fraction of sp³-hybridized carbons (Fsp3) is 0.368. The van der Waals surface area contributed by atoms with Crippen LogP contribution in [0.3, 0.4) is 0 Å². The maximum atomic E-state index is 12.6. The molecule has 1 fully saturated rings. The fourth-order valence-electron chi connectivity index (χ4n) is 3.22. The zero-order chi connectivity index (χ0) is 16.2. The van der Waals surface area contributed by atoms with Gasteiger partial charge in [-0.05, 0) is 30.0 Å². The van der Waals surface area contributed by atoms with Gasteiger partial charge < -0.3 is 5.32 Å². The second-order valence-corrected chi connectivity index (χ2v) is 6.44. The first-order valence-electron chi connectivity index (χ1n) is 8.11. The molecule has 1 amide bonds. The van der Waals surface area contributed by atoms with Crippen molar-refractivity contribution >= 4 is 11.6 Å². The number of rotatable bonds is 4. The number of carbonyl (C=O) groups is 1. The minimum Gasteiger partial charge on any atom is -0.325 e. The number of aryl methyl sites for hydroxylation is 1. The van der Waals surface area contributed by atoms with Gasteiger partial charge in [0.15, 0.2) is 0 Å². The van der Waals surface area contributed by atoms with Gasteiger partial charge in [-0.15, -0.1) is 0 Å². The highest BCUT2D eigenvalue weighted by Gasteiger charge is 2.34. The van der Waals surface area contributed by atoms with Crippen LogP contribution >= 0.6 is 0 Å². The number of nitrogens with one attached hydrogen (secondary N) is 1. The third-order valence-corrected chi connectivity index (χ3v) is 4.55. The van der Waals surface area contributed by atoms with E-state index in [1.165, 1.54) is 5.56 Å². The minimum atomic E-state index is 0.0336. The molecule has 0 radical (unpaired) electrons.